The number of ether oxygens (including phenoxy) is 1. The third-order valence-corrected chi connectivity index (χ3v) is 5.98. The van der Waals surface area contributed by atoms with Gasteiger partial charge < -0.3 is 9.64 Å². The lowest BCUT2D eigenvalue weighted by Gasteiger charge is -2.42. The molecule has 1 atom stereocenters. The monoisotopic (exact) mass is 412 g/mol. The molecule has 1 aromatic rings. The molecule has 1 aliphatic carbocycles. The van der Waals surface area contributed by atoms with Gasteiger partial charge in [0.15, 0.2) is 0 Å². The Morgan fingerprint density at radius 3 is 2.24 bits per heavy atom. The fourth-order valence-corrected chi connectivity index (χ4v) is 4.09. The second-order valence-corrected chi connectivity index (χ2v) is 8.13. The van der Waals surface area contributed by atoms with Gasteiger partial charge in [0.2, 0.25) is 5.91 Å². The van der Waals surface area contributed by atoms with E-state index in [9.17, 15) is 22.8 Å². The van der Waals surface area contributed by atoms with E-state index in [1.807, 2.05) is 13.8 Å². The van der Waals surface area contributed by atoms with Crippen molar-refractivity contribution < 1.29 is 27.5 Å². The van der Waals surface area contributed by atoms with Crippen molar-refractivity contribution in [3.05, 3.63) is 35.4 Å². The predicted octanol–water partition coefficient (Wildman–Crippen LogP) is 4.07. The predicted molar refractivity (Wildman–Crippen MR) is 101 cm³/mol. The van der Waals surface area contributed by atoms with E-state index in [1.54, 1.807) is 11.9 Å². The van der Waals surface area contributed by atoms with E-state index in [0.717, 1.165) is 31.4 Å². The number of hydrogen-bond donors (Lipinski definition) is 0. The van der Waals surface area contributed by atoms with Crippen LogP contribution in [0.4, 0.5) is 13.2 Å². The lowest BCUT2D eigenvalue weighted by molar-refractivity contribution is -0.138. The standard InChI is InChI=1S/C21H27F3N2O3/c1-14(2)25(3)19(28)17-13-29-20(11-5-4-6-12-20)26(17)18(27)15-7-9-16(10-8-15)21(22,23)24/h7-10,14,17H,4-6,11-13H2,1-3H3/t17-/m0/s1. The first-order valence-electron chi connectivity index (χ1n) is 9.98. The number of carbonyl (C=O) groups is 2. The van der Waals surface area contributed by atoms with Crippen LogP contribution in [0.1, 0.15) is 61.9 Å². The Bertz CT molecular complexity index is 755. The number of carbonyl (C=O) groups excluding carboxylic acids is 2. The molecule has 2 aliphatic rings. The molecule has 1 heterocycles. The lowest BCUT2D eigenvalue weighted by atomic mass is 9.89. The van der Waals surface area contributed by atoms with E-state index in [2.05, 4.69) is 0 Å². The molecule has 0 radical (unpaired) electrons. The Hall–Kier alpha value is -2.09. The van der Waals surface area contributed by atoms with Crippen molar-refractivity contribution in [2.24, 2.45) is 0 Å². The molecule has 8 heteroatoms. The minimum Gasteiger partial charge on any atom is -0.353 e. The summed E-state index contributed by atoms with van der Waals surface area (Å²) >= 11 is 0. The van der Waals surface area contributed by atoms with Crippen molar-refractivity contribution in [1.82, 2.24) is 9.80 Å². The Kier molecular flexibility index (Phi) is 5.94. The number of nitrogens with zero attached hydrogens (tertiary/aromatic N) is 2. The highest BCUT2D eigenvalue weighted by Gasteiger charge is 2.53. The summed E-state index contributed by atoms with van der Waals surface area (Å²) in [7, 11) is 1.68. The van der Waals surface area contributed by atoms with E-state index in [-0.39, 0.29) is 24.1 Å². The SMILES string of the molecule is CC(C)N(C)C(=O)[C@@H]1COC2(CCCCC2)N1C(=O)c1ccc(C(F)(F)F)cc1. The van der Waals surface area contributed by atoms with Crippen LogP contribution >= 0.6 is 0 Å². The van der Waals surface area contributed by atoms with Gasteiger partial charge in [-0.3, -0.25) is 14.5 Å². The van der Waals surface area contributed by atoms with Gasteiger partial charge in [0.25, 0.3) is 5.91 Å². The number of rotatable bonds is 3. The summed E-state index contributed by atoms with van der Waals surface area (Å²) in [5.41, 5.74) is -1.55. The summed E-state index contributed by atoms with van der Waals surface area (Å²) in [6.45, 7) is 3.86. The molecular weight excluding hydrogens is 385 g/mol. The minimum atomic E-state index is -4.47. The maximum absolute atomic E-state index is 13.4. The van der Waals surface area contributed by atoms with Gasteiger partial charge >= 0.3 is 6.18 Å². The van der Waals surface area contributed by atoms with Crippen molar-refractivity contribution in [3.8, 4) is 0 Å². The van der Waals surface area contributed by atoms with E-state index in [1.165, 1.54) is 17.0 Å². The average Bonchev–Trinajstić information content (AvgIpc) is 3.04. The zero-order chi connectivity index (χ0) is 21.4. The van der Waals surface area contributed by atoms with Gasteiger partial charge in [-0.05, 0) is 63.8 Å². The molecule has 2 fully saturated rings. The maximum atomic E-state index is 13.4. The lowest BCUT2D eigenvalue weighted by Crippen LogP contribution is -2.57. The second-order valence-electron chi connectivity index (χ2n) is 8.13. The van der Waals surface area contributed by atoms with Crippen LogP contribution in [0.3, 0.4) is 0 Å². The first-order chi connectivity index (χ1) is 13.6. The molecule has 2 amide bonds. The van der Waals surface area contributed by atoms with Crippen molar-refractivity contribution >= 4 is 11.8 Å². The van der Waals surface area contributed by atoms with E-state index in [0.29, 0.717) is 12.8 Å². The molecule has 1 aromatic carbocycles. The van der Waals surface area contributed by atoms with E-state index >= 15 is 0 Å². The molecule has 29 heavy (non-hydrogen) atoms. The zero-order valence-corrected chi connectivity index (χ0v) is 17.0. The van der Waals surface area contributed by atoms with Gasteiger partial charge in [-0.15, -0.1) is 0 Å². The Morgan fingerprint density at radius 2 is 1.72 bits per heavy atom. The molecule has 160 valence electrons. The molecule has 0 N–H and O–H groups in total. The average molecular weight is 412 g/mol. The number of benzene rings is 1. The number of halogens is 3. The molecule has 3 rings (SSSR count). The minimum absolute atomic E-state index is 0.0478. The summed E-state index contributed by atoms with van der Waals surface area (Å²) < 4.78 is 44.7. The molecule has 0 aromatic heterocycles. The van der Waals surface area contributed by atoms with Crippen molar-refractivity contribution in [3.63, 3.8) is 0 Å². The molecule has 1 spiro atoms. The second kappa shape index (κ2) is 7.97. The van der Waals surface area contributed by atoms with Gasteiger partial charge in [-0.1, -0.05) is 6.42 Å². The molecule has 5 nitrogen and oxygen atoms in total. The van der Waals surface area contributed by atoms with Crippen LogP contribution in [-0.2, 0) is 15.7 Å². The van der Waals surface area contributed by atoms with Crippen LogP contribution in [0.5, 0.6) is 0 Å². The largest absolute Gasteiger partial charge is 0.416 e. The summed E-state index contributed by atoms with van der Waals surface area (Å²) in [5.74, 6) is -0.684. The molecule has 0 unspecified atom stereocenters. The van der Waals surface area contributed by atoms with Crippen LogP contribution in [0.25, 0.3) is 0 Å². The summed E-state index contributed by atoms with van der Waals surface area (Å²) in [4.78, 5) is 29.5. The van der Waals surface area contributed by atoms with Gasteiger partial charge in [-0.2, -0.15) is 13.2 Å². The fraction of sp³-hybridized carbons (Fsp3) is 0.619. The smallest absolute Gasteiger partial charge is 0.353 e. The van der Waals surface area contributed by atoms with Gasteiger partial charge in [0.1, 0.15) is 11.8 Å². The molecule has 1 saturated carbocycles. The molecule has 1 aliphatic heterocycles. The molecular formula is C21H27F3N2O3. The highest BCUT2D eigenvalue weighted by atomic mass is 19.4. The Labute approximate surface area is 168 Å². The highest BCUT2D eigenvalue weighted by Crippen LogP contribution is 2.42. The number of alkyl halides is 3. The van der Waals surface area contributed by atoms with Crippen LogP contribution in [0.2, 0.25) is 0 Å². The zero-order valence-electron chi connectivity index (χ0n) is 17.0. The topological polar surface area (TPSA) is 49.9 Å². The van der Waals surface area contributed by atoms with E-state index in [4.69, 9.17) is 4.74 Å². The summed E-state index contributed by atoms with van der Waals surface area (Å²) in [5, 5.41) is 0. The van der Waals surface area contributed by atoms with Crippen molar-refractivity contribution in [2.75, 3.05) is 13.7 Å². The summed E-state index contributed by atoms with van der Waals surface area (Å²) in [6, 6.07) is 3.31. The third kappa shape index (κ3) is 4.13. The normalized spacial score (nSPS) is 21.6. The van der Waals surface area contributed by atoms with Crippen LogP contribution in [-0.4, -0.2) is 53.1 Å². The van der Waals surface area contributed by atoms with Gasteiger partial charge in [-0.25, -0.2) is 0 Å². The Balaban J connectivity index is 1.95. The quantitative estimate of drug-likeness (QED) is 0.752. The molecule has 0 bridgehead atoms. The highest BCUT2D eigenvalue weighted by molar-refractivity contribution is 5.98. The van der Waals surface area contributed by atoms with Gasteiger partial charge in [0.05, 0.1) is 12.2 Å². The number of amides is 2. The molecule has 1 saturated heterocycles. The van der Waals surface area contributed by atoms with Crippen LogP contribution in [0, 0.1) is 0 Å². The van der Waals surface area contributed by atoms with E-state index < -0.39 is 29.4 Å². The Morgan fingerprint density at radius 1 is 1.14 bits per heavy atom. The first-order valence-corrected chi connectivity index (χ1v) is 9.98. The number of hydrogen-bond acceptors (Lipinski definition) is 3. The van der Waals surface area contributed by atoms with Crippen molar-refractivity contribution in [1.29, 1.82) is 0 Å². The first kappa shape index (κ1) is 21.6. The number of likely N-dealkylation sites (N-methyl/N-ethyl adjacent to an activating group) is 1. The van der Waals surface area contributed by atoms with Crippen LogP contribution in [0.15, 0.2) is 24.3 Å². The third-order valence-electron chi connectivity index (χ3n) is 5.98. The van der Waals surface area contributed by atoms with Gasteiger partial charge in [0, 0.05) is 18.7 Å². The van der Waals surface area contributed by atoms with Crippen LogP contribution < -0.4 is 0 Å². The fourth-order valence-electron chi connectivity index (χ4n) is 4.09. The van der Waals surface area contributed by atoms with Crippen molar-refractivity contribution in [2.45, 2.75) is 69.9 Å². The summed E-state index contributed by atoms with van der Waals surface area (Å²) in [6.07, 6.45) is -0.460. The maximum Gasteiger partial charge on any atom is 0.416 e.